The maximum Gasteiger partial charge on any atom is 0.160 e. The van der Waals surface area contributed by atoms with Crippen molar-refractivity contribution in [2.24, 2.45) is 0 Å². The molecule has 7 aromatic carbocycles. The van der Waals surface area contributed by atoms with Crippen LogP contribution in [-0.2, 0) is 0 Å². The molecule has 2 aromatic heterocycles. The van der Waals surface area contributed by atoms with Crippen molar-refractivity contribution < 1.29 is 4.42 Å². The smallest absolute Gasteiger partial charge is 0.160 e. The van der Waals surface area contributed by atoms with Gasteiger partial charge in [0.1, 0.15) is 5.58 Å². The van der Waals surface area contributed by atoms with E-state index in [1.165, 1.54) is 31.3 Å². The minimum Gasteiger partial charge on any atom is -0.454 e. The number of thiophene rings is 1. The first-order valence-electron chi connectivity index (χ1n) is 15.2. The molecule has 0 amide bonds. The first-order chi connectivity index (χ1) is 22.3. The second-order valence-corrected chi connectivity index (χ2v) is 12.4. The van der Waals surface area contributed by atoms with Crippen LogP contribution in [0.5, 0.6) is 0 Å². The molecule has 0 saturated heterocycles. The van der Waals surface area contributed by atoms with Crippen LogP contribution in [0.4, 0.5) is 17.1 Å². The van der Waals surface area contributed by atoms with Gasteiger partial charge in [0.25, 0.3) is 0 Å². The van der Waals surface area contributed by atoms with Gasteiger partial charge in [-0.25, -0.2) is 0 Å². The highest BCUT2D eigenvalue weighted by Crippen LogP contribution is 2.48. The fraction of sp³-hybridized carbons (Fsp3) is 0. The Hall–Kier alpha value is -5.64. The van der Waals surface area contributed by atoms with Crippen LogP contribution < -0.4 is 4.90 Å². The van der Waals surface area contributed by atoms with Crippen molar-refractivity contribution in [3.63, 3.8) is 0 Å². The van der Waals surface area contributed by atoms with Gasteiger partial charge in [-0.1, -0.05) is 127 Å². The fourth-order valence-corrected chi connectivity index (χ4v) is 7.78. The van der Waals surface area contributed by atoms with Crippen molar-refractivity contribution in [3.05, 3.63) is 164 Å². The Labute approximate surface area is 265 Å². The van der Waals surface area contributed by atoms with E-state index in [4.69, 9.17) is 4.42 Å². The molecule has 0 N–H and O–H groups in total. The lowest BCUT2D eigenvalue weighted by Gasteiger charge is -2.28. The van der Waals surface area contributed by atoms with Gasteiger partial charge in [0.15, 0.2) is 5.58 Å². The van der Waals surface area contributed by atoms with Crippen LogP contribution in [0.3, 0.4) is 0 Å². The molecule has 2 nitrogen and oxygen atoms in total. The van der Waals surface area contributed by atoms with Gasteiger partial charge in [0, 0.05) is 42.2 Å². The third kappa shape index (κ3) is 4.24. The van der Waals surface area contributed by atoms with E-state index in [2.05, 4.69) is 163 Å². The predicted molar refractivity (Wildman–Crippen MR) is 192 cm³/mol. The molecule has 3 heteroatoms. The van der Waals surface area contributed by atoms with E-state index < -0.39 is 0 Å². The number of hydrogen-bond donors (Lipinski definition) is 0. The monoisotopic (exact) mass is 593 g/mol. The fourth-order valence-electron chi connectivity index (χ4n) is 6.64. The first kappa shape index (κ1) is 25.8. The summed E-state index contributed by atoms with van der Waals surface area (Å²) in [4.78, 5) is 2.38. The Morgan fingerprint density at radius 1 is 0.444 bits per heavy atom. The minimum atomic E-state index is 0.872. The third-order valence-corrected chi connectivity index (χ3v) is 9.81. The average Bonchev–Trinajstić information content (AvgIpc) is 3.68. The SMILES string of the molecule is c1ccc(-c2ccccc2N(c2ccc3c(c2)sc2ccccc23)c2ccc(-c3ccccc3)c3c2oc2ccccc23)cc1. The number of nitrogens with zero attached hydrogens (tertiary/aromatic N) is 1. The summed E-state index contributed by atoms with van der Waals surface area (Å²) in [5.41, 5.74) is 9.60. The minimum absolute atomic E-state index is 0.872. The number of hydrogen-bond acceptors (Lipinski definition) is 3. The Morgan fingerprint density at radius 3 is 1.91 bits per heavy atom. The molecule has 0 atom stereocenters. The summed E-state index contributed by atoms with van der Waals surface area (Å²) in [6, 6.07) is 58.3. The van der Waals surface area contributed by atoms with Crippen molar-refractivity contribution in [2.45, 2.75) is 0 Å². The molecule has 9 rings (SSSR count). The molecule has 0 aliphatic rings. The quantitative estimate of drug-likeness (QED) is 0.197. The van der Waals surface area contributed by atoms with Gasteiger partial charge in [-0.15, -0.1) is 11.3 Å². The van der Waals surface area contributed by atoms with Crippen LogP contribution in [0, 0.1) is 0 Å². The second-order valence-electron chi connectivity index (χ2n) is 11.3. The maximum atomic E-state index is 6.81. The molecule has 0 saturated carbocycles. The third-order valence-electron chi connectivity index (χ3n) is 8.68. The van der Waals surface area contributed by atoms with E-state index in [1.54, 1.807) is 0 Å². The van der Waals surface area contributed by atoms with E-state index in [-0.39, 0.29) is 0 Å². The molecule has 0 radical (unpaired) electrons. The Balaban J connectivity index is 1.37. The van der Waals surface area contributed by atoms with E-state index in [0.717, 1.165) is 50.1 Å². The van der Waals surface area contributed by atoms with E-state index >= 15 is 0 Å². The molecule has 0 unspecified atom stereocenters. The van der Waals surface area contributed by atoms with Gasteiger partial charge >= 0.3 is 0 Å². The Kier molecular flexibility index (Phi) is 6.03. The molecule has 0 aliphatic heterocycles. The molecule has 0 spiro atoms. The summed E-state index contributed by atoms with van der Waals surface area (Å²) in [5, 5.41) is 4.82. The zero-order valence-corrected chi connectivity index (χ0v) is 25.2. The van der Waals surface area contributed by atoms with E-state index in [1.807, 2.05) is 17.4 Å². The van der Waals surface area contributed by atoms with Gasteiger partial charge in [0.2, 0.25) is 0 Å². The van der Waals surface area contributed by atoms with Crippen LogP contribution in [0.1, 0.15) is 0 Å². The van der Waals surface area contributed by atoms with E-state index in [9.17, 15) is 0 Å². The van der Waals surface area contributed by atoms with Gasteiger partial charge < -0.3 is 9.32 Å². The zero-order valence-electron chi connectivity index (χ0n) is 24.4. The van der Waals surface area contributed by atoms with Crippen LogP contribution in [-0.4, -0.2) is 0 Å². The normalized spacial score (nSPS) is 11.6. The Bertz CT molecular complexity index is 2490. The summed E-state index contributed by atoms with van der Waals surface area (Å²) < 4.78 is 9.37. The predicted octanol–water partition coefficient (Wildman–Crippen LogP) is 12.8. The van der Waals surface area contributed by atoms with Crippen LogP contribution >= 0.6 is 11.3 Å². The number of anilines is 3. The van der Waals surface area contributed by atoms with Crippen molar-refractivity contribution in [2.75, 3.05) is 4.90 Å². The lowest BCUT2D eigenvalue weighted by atomic mass is 9.97. The van der Waals surface area contributed by atoms with Crippen molar-refractivity contribution in [1.82, 2.24) is 0 Å². The van der Waals surface area contributed by atoms with Crippen LogP contribution in [0.25, 0.3) is 64.4 Å². The summed E-state index contributed by atoms with van der Waals surface area (Å²) in [6.45, 7) is 0. The second kappa shape index (κ2) is 10.5. The molecule has 9 aromatic rings. The zero-order chi connectivity index (χ0) is 29.7. The molecule has 45 heavy (non-hydrogen) atoms. The highest BCUT2D eigenvalue weighted by molar-refractivity contribution is 7.25. The highest BCUT2D eigenvalue weighted by atomic mass is 32.1. The lowest BCUT2D eigenvalue weighted by Crippen LogP contribution is -2.11. The molecule has 212 valence electrons. The Morgan fingerprint density at radius 2 is 1.09 bits per heavy atom. The molecule has 2 heterocycles. The van der Waals surface area contributed by atoms with Crippen LogP contribution in [0.15, 0.2) is 168 Å². The maximum absolute atomic E-state index is 6.81. The van der Waals surface area contributed by atoms with Gasteiger partial charge in [-0.3, -0.25) is 0 Å². The van der Waals surface area contributed by atoms with Crippen molar-refractivity contribution in [3.8, 4) is 22.3 Å². The molecule has 0 fully saturated rings. The number of fused-ring (bicyclic) bond motifs is 6. The summed E-state index contributed by atoms with van der Waals surface area (Å²) in [6.07, 6.45) is 0. The topological polar surface area (TPSA) is 16.4 Å². The van der Waals surface area contributed by atoms with Crippen molar-refractivity contribution in [1.29, 1.82) is 0 Å². The molecule has 0 aliphatic carbocycles. The lowest BCUT2D eigenvalue weighted by molar-refractivity contribution is 0.669. The average molecular weight is 594 g/mol. The highest BCUT2D eigenvalue weighted by Gasteiger charge is 2.24. The molecular formula is C42H27NOS. The summed E-state index contributed by atoms with van der Waals surface area (Å²) >= 11 is 1.84. The van der Waals surface area contributed by atoms with Gasteiger partial charge in [-0.2, -0.15) is 0 Å². The number of para-hydroxylation sites is 2. The van der Waals surface area contributed by atoms with Gasteiger partial charge in [0.05, 0.1) is 11.4 Å². The molecular weight excluding hydrogens is 567 g/mol. The number of rotatable bonds is 5. The molecule has 0 bridgehead atoms. The largest absolute Gasteiger partial charge is 0.454 e. The van der Waals surface area contributed by atoms with Crippen molar-refractivity contribution >= 4 is 70.5 Å². The number of benzene rings is 7. The first-order valence-corrected chi connectivity index (χ1v) is 16.0. The van der Waals surface area contributed by atoms with Gasteiger partial charge in [-0.05, 0) is 53.1 Å². The standard InChI is InChI=1S/C42H27NOS/c1-3-13-28(14-4-1)31-17-7-10-20-36(31)43(30-23-24-34-33-18-9-12-22-39(33)45-40(34)27-30)37-26-25-32(29-15-5-2-6-16-29)41-35-19-8-11-21-38(35)44-42(37)41/h1-27H. The number of furan rings is 1. The van der Waals surface area contributed by atoms with E-state index in [0.29, 0.717) is 0 Å². The summed E-state index contributed by atoms with van der Waals surface area (Å²) in [7, 11) is 0. The summed E-state index contributed by atoms with van der Waals surface area (Å²) in [5.74, 6) is 0. The van der Waals surface area contributed by atoms with Crippen LogP contribution in [0.2, 0.25) is 0 Å².